The van der Waals surface area contributed by atoms with Gasteiger partial charge in [0, 0.05) is 30.9 Å². The van der Waals surface area contributed by atoms with Crippen LogP contribution in [-0.2, 0) is 6.54 Å². The fourth-order valence-electron chi connectivity index (χ4n) is 5.34. The normalized spacial score (nSPS) is 14.0. The van der Waals surface area contributed by atoms with E-state index in [1.165, 1.54) is 32.4 Å². The molecule has 3 aromatic rings. The van der Waals surface area contributed by atoms with E-state index in [2.05, 4.69) is 34.7 Å². The lowest BCUT2D eigenvalue weighted by Crippen LogP contribution is -2.33. The summed E-state index contributed by atoms with van der Waals surface area (Å²) in [5.41, 5.74) is 3.64. The molecular formula is C32H47N5O2. The van der Waals surface area contributed by atoms with E-state index >= 15 is 0 Å². The van der Waals surface area contributed by atoms with Gasteiger partial charge >= 0.3 is 0 Å². The molecule has 39 heavy (non-hydrogen) atoms. The van der Waals surface area contributed by atoms with Gasteiger partial charge in [0.1, 0.15) is 5.75 Å². The van der Waals surface area contributed by atoms with Crippen molar-refractivity contribution in [2.24, 2.45) is 0 Å². The number of piperidine rings is 1. The Morgan fingerprint density at radius 3 is 2.31 bits per heavy atom. The van der Waals surface area contributed by atoms with Crippen LogP contribution >= 0.6 is 0 Å². The summed E-state index contributed by atoms with van der Waals surface area (Å²) in [5, 5.41) is 3.53. The Balaban J connectivity index is 1.60. The average molecular weight is 534 g/mol. The second-order valence-corrected chi connectivity index (χ2v) is 10.6. The number of unbranched alkanes of at least 4 members (excludes halogenated alkanes) is 2. The van der Waals surface area contributed by atoms with Gasteiger partial charge in [-0.25, -0.2) is 4.98 Å². The summed E-state index contributed by atoms with van der Waals surface area (Å²) in [6.07, 6.45) is 9.22. The fourth-order valence-corrected chi connectivity index (χ4v) is 5.34. The number of likely N-dealkylation sites (tertiary alicyclic amines) is 1. The molecule has 1 aromatic heterocycles. The Hall–Kier alpha value is -3.06. The highest BCUT2D eigenvalue weighted by atomic mass is 16.5. The number of nitrogens with zero attached hydrogens (tertiary/aromatic N) is 4. The average Bonchev–Trinajstić information content (AvgIpc) is 3.30. The Kier molecular flexibility index (Phi) is 11.1. The molecule has 0 spiro atoms. The van der Waals surface area contributed by atoms with E-state index < -0.39 is 0 Å². The summed E-state index contributed by atoms with van der Waals surface area (Å²) in [4.78, 5) is 23.1. The number of nitrogens with one attached hydrogen (secondary N) is 1. The van der Waals surface area contributed by atoms with Crippen molar-refractivity contribution >= 4 is 28.6 Å². The van der Waals surface area contributed by atoms with Crippen molar-refractivity contribution in [2.75, 3.05) is 44.6 Å². The highest BCUT2D eigenvalue weighted by Crippen LogP contribution is 2.26. The molecule has 212 valence electrons. The number of ether oxygens (including phenoxy) is 1. The number of fused-ring (bicyclic) bond motifs is 1. The first-order valence-corrected chi connectivity index (χ1v) is 15.1. The van der Waals surface area contributed by atoms with Crippen molar-refractivity contribution in [2.45, 2.75) is 78.7 Å². The molecule has 1 amide bonds. The number of benzene rings is 2. The van der Waals surface area contributed by atoms with Gasteiger partial charge in [-0.05, 0) is 101 Å². The molecule has 1 N–H and O–H groups in total. The van der Waals surface area contributed by atoms with Crippen molar-refractivity contribution in [1.29, 1.82) is 0 Å². The number of hydrogen-bond acceptors (Lipinski definition) is 5. The first-order valence-electron chi connectivity index (χ1n) is 15.1. The number of carbonyl (C=O) groups excluding carboxylic acids is 1. The highest BCUT2D eigenvalue weighted by molar-refractivity contribution is 5.98. The Morgan fingerprint density at radius 1 is 0.923 bits per heavy atom. The van der Waals surface area contributed by atoms with Gasteiger partial charge in [0.2, 0.25) is 5.95 Å². The van der Waals surface area contributed by atoms with Crippen LogP contribution in [0.5, 0.6) is 5.75 Å². The molecule has 4 rings (SSSR count). The van der Waals surface area contributed by atoms with Gasteiger partial charge < -0.3 is 24.4 Å². The lowest BCUT2D eigenvalue weighted by atomic mass is 10.1. The molecule has 1 fully saturated rings. The third-order valence-electron chi connectivity index (χ3n) is 7.57. The highest BCUT2D eigenvalue weighted by Gasteiger charge is 2.19. The lowest BCUT2D eigenvalue weighted by Gasteiger charge is -2.26. The number of rotatable bonds is 15. The molecule has 0 unspecified atom stereocenters. The van der Waals surface area contributed by atoms with E-state index in [1.807, 2.05) is 48.2 Å². The van der Waals surface area contributed by atoms with Crippen molar-refractivity contribution < 1.29 is 9.53 Å². The predicted molar refractivity (Wildman–Crippen MR) is 161 cm³/mol. The molecule has 0 atom stereocenters. The summed E-state index contributed by atoms with van der Waals surface area (Å²) in [7, 11) is 0. The van der Waals surface area contributed by atoms with Crippen molar-refractivity contribution in [1.82, 2.24) is 19.4 Å². The van der Waals surface area contributed by atoms with Gasteiger partial charge in [-0.15, -0.1) is 0 Å². The van der Waals surface area contributed by atoms with Crippen LogP contribution in [-0.4, -0.2) is 64.6 Å². The van der Waals surface area contributed by atoms with Crippen molar-refractivity contribution in [3.8, 4) is 5.75 Å². The number of imidazole rings is 1. The molecule has 1 aliphatic rings. The second-order valence-electron chi connectivity index (χ2n) is 10.6. The zero-order valence-corrected chi connectivity index (χ0v) is 24.3. The SMILES string of the molecule is CCCCN(CCCC)C(=O)c1ccc2nc(Nc3ccc(OCC)cc3)n(CCCN3CCCCC3)c2c1. The minimum absolute atomic E-state index is 0.126. The third kappa shape index (κ3) is 7.98. The maximum Gasteiger partial charge on any atom is 0.253 e. The van der Waals surface area contributed by atoms with Crippen molar-refractivity contribution in [3.63, 3.8) is 0 Å². The lowest BCUT2D eigenvalue weighted by molar-refractivity contribution is 0.0751. The van der Waals surface area contributed by atoms with Crippen LogP contribution in [0, 0.1) is 0 Å². The minimum Gasteiger partial charge on any atom is -0.494 e. The molecule has 2 heterocycles. The van der Waals surface area contributed by atoms with Crippen LogP contribution in [0.1, 0.15) is 82.5 Å². The van der Waals surface area contributed by atoms with Gasteiger partial charge in [-0.2, -0.15) is 0 Å². The second kappa shape index (κ2) is 14.9. The van der Waals surface area contributed by atoms with Crippen LogP contribution in [0.4, 0.5) is 11.6 Å². The van der Waals surface area contributed by atoms with Crippen LogP contribution < -0.4 is 10.1 Å². The number of amides is 1. The van der Waals surface area contributed by atoms with Gasteiger partial charge in [0.15, 0.2) is 0 Å². The molecule has 1 aliphatic heterocycles. The zero-order chi connectivity index (χ0) is 27.5. The first-order chi connectivity index (χ1) is 19.1. The van der Waals surface area contributed by atoms with E-state index in [0.29, 0.717) is 6.61 Å². The molecule has 0 aliphatic carbocycles. The van der Waals surface area contributed by atoms with Crippen LogP contribution in [0.25, 0.3) is 11.0 Å². The predicted octanol–water partition coefficient (Wildman–Crippen LogP) is 7.10. The number of hydrogen-bond donors (Lipinski definition) is 1. The number of anilines is 2. The monoisotopic (exact) mass is 533 g/mol. The molecule has 0 bridgehead atoms. The number of carbonyl (C=O) groups is 1. The summed E-state index contributed by atoms with van der Waals surface area (Å²) >= 11 is 0. The zero-order valence-electron chi connectivity index (χ0n) is 24.3. The molecule has 0 saturated carbocycles. The first kappa shape index (κ1) is 28.9. The van der Waals surface area contributed by atoms with E-state index in [9.17, 15) is 4.79 Å². The molecule has 7 heteroatoms. The maximum absolute atomic E-state index is 13.6. The Bertz CT molecular complexity index is 1160. The van der Waals surface area contributed by atoms with E-state index in [-0.39, 0.29) is 5.91 Å². The summed E-state index contributed by atoms with van der Waals surface area (Å²) in [5.74, 6) is 1.80. The van der Waals surface area contributed by atoms with Gasteiger partial charge in [-0.3, -0.25) is 4.79 Å². The van der Waals surface area contributed by atoms with Gasteiger partial charge in [0.25, 0.3) is 5.91 Å². The summed E-state index contributed by atoms with van der Waals surface area (Å²) in [6, 6.07) is 14.0. The smallest absolute Gasteiger partial charge is 0.253 e. The number of aromatic nitrogens is 2. The summed E-state index contributed by atoms with van der Waals surface area (Å²) in [6.45, 7) is 12.9. The largest absolute Gasteiger partial charge is 0.494 e. The quantitative estimate of drug-likeness (QED) is 0.226. The molecule has 2 aromatic carbocycles. The van der Waals surface area contributed by atoms with Crippen LogP contribution in [0.3, 0.4) is 0 Å². The molecular weight excluding hydrogens is 486 g/mol. The van der Waals surface area contributed by atoms with E-state index in [4.69, 9.17) is 9.72 Å². The molecule has 7 nitrogen and oxygen atoms in total. The van der Waals surface area contributed by atoms with E-state index in [1.54, 1.807) is 0 Å². The van der Waals surface area contributed by atoms with E-state index in [0.717, 1.165) is 92.3 Å². The fraction of sp³-hybridized carbons (Fsp3) is 0.562. The minimum atomic E-state index is 0.126. The van der Waals surface area contributed by atoms with Crippen LogP contribution in [0.15, 0.2) is 42.5 Å². The summed E-state index contributed by atoms with van der Waals surface area (Å²) < 4.78 is 7.87. The van der Waals surface area contributed by atoms with Crippen LogP contribution in [0.2, 0.25) is 0 Å². The van der Waals surface area contributed by atoms with Crippen molar-refractivity contribution in [3.05, 3.63) is 48.0 Å². The topological polar surface area (TPSA) is 62.6 Å². The van der Waals surface area contributed by atoms with Gasteiger partial charge in [-0.1, -0.05) is 33.1 Å². The third-order valence-corrected chi connectivity index (χ3v) is 7.57. The maximum atomic E-state index is 13.6. The Morgan fingerprint density at radius 2 is 1.64 bits per heavy atom. The standard InChI is InChI=1S/C32H47N5O2/c1-4-7-22-36(23-8-5-2)31(38)26-13-18-29-30(25-26)37(24-12-21-35-19-10-9-11-20-35)32(34-29)33-27-14-16-28(17-15-27)39-6-3/h13-18,25H,4-12,19-24H2,1-3H3,(H,33,34). The Labute approximate surface area is 234 Å². The molecule has 1 saturated heterocycles. The van der Waals surface area contributed by atoms with Gasteiger partial charge in [0.05, 0.1) is 17.6 Å². The molecule has 0 radical (unpaired) electrons. The number of aryl methyl sites for hydroxylation is 1.